The molecule has 7 heteroatoms. The maximum atomic E-state index is 12.1. The SMILES string of the molecule is CCOC(=O)c1c(C)[nH]c(-c2csc(-c3cnccn3)n2)c1C. The third kappa shape index (κ3) is 2.87. The number of aromatic nitrogens is 4. The van der Waals surface area contributed by atoms with Gasteiger partial charge in [0.25, 0.3) is 0 Å². The molecule has 0 atom stereocenters. The molecule has 0 saturated carbocycles. The number of nitrogens with zero attached hydrogens (tertiary/aromatic N) is 3. The van der Waals surface area contributed by atoms with Crippen LogP contribution in [0.15, 0.2) is 24.0 Å². The van der Waals surface area contributed by atoms with Crippen molar-refractivity contribution >= 4 is 17.3 Å². The molecule has 0 aliphatic rings. The van der Waals surface area contributed by atoms with E-state index in [9.17, 15) is 4.79 Å². The Morgan fingerprint density at radius 3 is 2.83 bits per heavy atom. The van der Waals surface area contributed by atoms with E-state index in [1.165, 1.54) is 11.3 Å². The predicted molar refractivity (Wildman–Crippen MR) is 88.4 cm³/mol. The van der Waals surface area contributed by atoms with Gasteiger partial charge in [-0.3, -0.25) is 9.97 Å². The molecule has 0 spiro atoms. The van der Waals surface area contributed by atoms with Crippen LogP contribution in [-0.4, -0.2) is 32.5 Å². The summed E-state index contributed by atoms with van der Waals surface area (Å²) < 4.78 is 5.12. The normalized spacial score (nSPS) is 10.7. The fourth-order valence-corrected chi connectivity index (χ4v) is 3.20. The molecule has 0 saturated heterocycles. The Labute approximate surface area is 137 Å². The van der Waals surface area contributed by atoms with Crippen molar-refractivity contribution < 1.29 is 9.53 Å². The molecule has 0 radical (unpaired) electrons. The Balaban J connectivity index is 1.99. The quantitative estimate of drug-likeness (QED) is 0.743. The van der Waals surface area contributed by atoms with Gasteiger partial charge in [-0.2, -0.15) is 0 Å². The van der Waals surface area contributed by atoms with Crippen LogP contribution in [-0.2, 0) is 4.74 Å². The highest BCUT2D eigenvalue weighted by Crippen LogP contribution is 2.31. The number of rotatable bonds is 4. The van der Waals surface area contributed by atoms with Crippen molar-refractivity contribution in [1.82, 2.24) is 19.9 Å². The largest absolute Gasteiger partial charge is 0.462 e. The summed E-state index contributed by atoms with van der Waals surface area (Å²) in [5.74, 6) is -0.311. The zero-order chi connectivity index (χ0) is 16.4. The van der Waals surface area contributed by atoms with Crippen LogP contribution in [0.1, 0.15) is 28.5 Å². The second-order valence-corrected chi connectivity index (χ2v) is 5.83. The highest BCUT2D eigenvalue weighted by molar-refractivity contribution is 7.13. The van der Waals surface area contributed by atoms with Gasteiger partial charge in [0.05, 0.1) is 29.8 Å². The van der Waals surface area contributed by atoms with Crippen LogP contribution >= 0.6 is 11.3 Å². The molecule has 0 amide bonds. The Bertz CT molecular complexity index is 839. The minimum atomic E-state index is -0.311. The van der Waals surface area contributed by atoms with Crippen molar-refractivity contribution in [2.24, 2.45) is 0 Å². The monoisotopic (exact) mass is 328 g/mol. The van der Waals surface area contributed by atoms with Gasteiger partial charge >= 0.3 is 5.97 Å². The van der Waals surface area contributed by atoms with Crippen LogP contribution in [0, 0.1) is 13.8 Å². The summed E-state index contributed by atoms with van der Waals surface area (Å²) in [6, 6.07) is 0. The minimum Gasteiger partial charge on any atom is -0.462 e. The first-order valence-corrected chi connectivity index (χ1v) is 8.08. The van der Waals surface area contributed by atoms with Crippen LogP contribution < -0.4 is 0 Å². The van der Waals surface area contributed by atoms with E-state index in [0.717, 1.165) is 33.3 Å². The lowest BCUT2D eigenvalue weighted by Gasteiger charge is -2.02. The number of aryl methyl sites for hydroxylation is 1. The summed E-state index contributed by atoms with van der Waals surface area (Å²) in [4.78, 5) is 28.2. The summed E-state index contributed by atoms with van der Waals surface area (Å²) in [5, 5.41) is 2.73. The topological polar surface area (TPSA) is 80.8 Å². The second kappa shape index (κ2) is 6.29. The lowest BCUT2D eigenvalue weighted by Crippen LogP contribution is -2.06. The molecule has 1 N–H and O–H groups in total. The number of thiazole rings is 1. The highest BCUT2D eigenvalue weighted by Gasteiger charge is 2.21. The average Bonchev–Trinajstić information content (AvgIpc) is 3.13. The molecule has 118 valence electrons. The molecule has 3 heterocycles. The molecular formula is C16H16N4O2S. The standard InChI is InChI=1S/C16H16N4O2S/c1-4-22-16(21)13-9(2)14(19-10(13)3)12-8-23-15(20-12)11-7-17-5-6-18-11/h5-8,19H,4H2,1-3H3. The van der Waals surface area contributed by atoms with Crippen molar-refractivity contribution in [2.45, 2.75) is 20.8 Å². The molecule has 6 nitrogen and oxygen atoms in total. The van der Waals surface area contributed by atoms with Gasteiger partial charge in [-0.1, -0.05) is 0 Å². The molecule has 0 aliphatic carbocycles. The smallest absolute Gasteiger partial charge is 0.340 e. The molecule has 0 fully saturated rings. The molecule has 0 unspecified atom stereocenters. The van der Waals surface area contributed by atoms with Gasteiger partial charge in [0.15, 0.2) is 0 Å². The van der Waals surface area contributed by atoms with Crippen molar-refractivity contribution in [3.05, 3.63) is 40.8 Å². The van der Waals surface area contributed by atoms with Crippen molar-refractivity contribution in [3.8, 4) is 22.1 Å². The van der Waals surface area contributed by atoms with E-state index < -0.39 is 0 Å². The van der Waals surface area contributed by atoms with E-state index in [0.29, 0.717) is 12.2 Å². The lowest BCUT2D eigenvalue weighted by atomic mass is 10.1. The molecular weight excluding hydrogens is 312 g/mol. The van der Waals surface area contributed by atoms with Gasteiger partial charge in [0.1, 0.15) is 10.7 Å². The number of carbonyl (C=O) groups is 1. The maximum absolute atomic E-state index is 12.1. The van der Waals surface area contributed by atoms with Crippen molar-refractivity contribution in [3.63, 3.8) is 0 Å². The Morgan fingerprint density at radius 1 is 1.30 bits per heavy atom. The van der Waals surface area contributed by atoms with Crippen LogP contribution in [0.3, 0.4) is 0 Å². The van der Waals surface area contributed by atoms with Gasteiger partial charge in [0, 0.05) is 23.5 Å². The zero-order valence-electron chi connectivity index (χ0n) is 13.1. The van der Waals surface area contributed by atoms with Crippen LogP contribution in [0.25, 0.3) is 22.1 Å². The number of esters is 1. The first-order chi connectivity index (χ1) is 11.1. The predicted octanol–water partition coefficient (Wildman–Crippen LogP) is 3.39. The van der Waals surface area contributed by atoms with Crippen LogP contribution in [0.2, 0.25) is 0 Å². The van der Waals surface area contributed by atoms with E-state index in [1.54, 1.807) is 25.5 Å². The Hall–Kier alpha value is -2.54. The number of aromatic amines is 1. The van der Waals surface area contributed by atoms with Crippen molar-refractivity contribution in [1.29, 1.82) is 0 Å². The summed E-state index contributed by atoms with van der Waals surface area (Å²) in [6.07, 6.45) is 4.95. The van der Waals surface area contributed by atoms with Crippen LogP contribution in [0.5, 0.6) is 0 Å². The molecule has 3 aromatic heterocycles. The second-order valence-electron chi connectivity index (χ2n) is 4.97. The third-order valence-electron chi connectivity index (χ3n) is 3.46. The molecule has 0 aromatic carbocycles. The summed E-state index contributed by atoms with van der Waals surface area (Å²) >= 11 is 1.49. The molecule has 0 aliphatic heterocycles. The van der Waals surface area contributed by atoms with E-state index in [4.69, 9.17) is 4.74 Å². The van der Waals surface area contributed by atoms with E-state index in [-0.39, 0.29) is 5.97 Å². The minimum absolute atomic E-state index is 0.311. The Kier molecular flexibility index (Phi) is 4.20. The molecule has 0 bridgehead atoms. The third-order valence-corrected chi connectivity index (χ3v) is 4.32. The fourth-order valence-electron chi connectivity index (χ4n) is 2.43. The number of hydrogen-bond donors (Lipinski definition) is 1. The first kappa shape index (κ1) is 15.4. The summed E-state index contributed by atoms with van der Waals surface area (Å²) in [5.41, 5.74) is 4.55. The van der Waals surface area contributed by atoms with E-state index >= 15 is 0 Å². The average molecular weight is 328 g/mol. The maximum Gasteiger partial charge on any atom is 0.340 e. The Morgan fingerprint density at radius 2 is 2.13 bits per heavy atom. The fraction of sp³-hybridized carbons (Fsp3) is 0.250. The van der Waals surface area contributed by atoms with Gasteiger partial charge in [-0.15, -0.1) is 11.3 Å². The molecule has 3 aromatic rings. The van der Waals surface area contributed by atoms with E-state index in [1.807, 2.05) is 19.2 Å². The number of carbonyl (C=O) groups excluding carboxylic acids is 1. The summed E-state index contributed by atoms with van der Waals surface area (Å²) in [7, 11) is 0. The van der Waals surface area contributed by atoms with Gasteiger partial charge in [0.2, 0.25) is 0 Å². The summed E-state index contributed by atoms with van der Waals surface area (Å²) in [6.45, 7) is 5.90. The number of H-pyrrole nitrogens is 1. The highest BCUT2D eigenvalue weighted by atomic mass is 32.1. The first-order valence-electron chi connectivity index (χ1n) is 7.20. The van der Waals surface area contributed by atoms with Gasteiger partial charge in [-0.05, 0) is 26.3 Å². The van der Waals surface area contributed by atoms with Gasteiger partial charge < -0.3 is 9.72 Å². The number of nitrogens with one attached hydrogen (secondary N) is 1. The number of ether oxygens (including phenoxy) is 1. The van der Waals surface area contributed by atoms with Gasteiger partial charge in [-0.25, -0.2) is 9.78 Å². The van der Waals surface area contributed by atoms with Crippen LogP contribution in [0.4, 0.5) is 0 Å². The van der Waals surface area contributed by atoms with Crippen molar-refractivity contribution in [2.75, 3.05) is 6.61 Å². The molecule has 23 heavy (non-hydrogen) atoms. The van der Waals surface area contributed by atoms with E-state index in [2.05, 4.69) is 19.9 Å². The molecule has 3 rings (SSSR count). The lowest BCUT2D eigenvalue weighted by molar-refractivity contribution is 0.0525. The zero-order valence-corrected chi connectivity index (χ0v) is 13.9. The number of hydrogen-bond acceptors (Lipinski definition) is 6.